The van der Waals surface area contributed by atoms with E-state index in [1.54, 1.807) is 44.5 Å². The molecule has 2 aromatic carbocycles. The number of hydrazone groups is 1. The second-order valence-corrected chi connectivity index (χ2v) is 11.5. The topological polar surface area (TPSA) is 78.3 Å². The summed E-state index contributed by atoms with van der Waals surface area (Å²) in [4.78, 5) is 19.9. The molecule has 7 nitrogen and oxygen atoms in total. The van der Waals surface area contributed by atoms with Gasteiger partial charge in [0.1, 0.15) is 29.0 Å². The van der Waals surface area contributed by atoms with Gasteiger partial charge in [-0.3, -0.25) is 4.79 Å². The van der Waals surface area contributed by atoms with Crippen molar-refractivity contribution < 1.29 is 27.8 Å². The molecule has 0 saturated carbocycles. The number of amides is 1. The lowest BCUT2D eigenvalue weighted by molar-refractivity contribution is -0.138. The van der Waals surface area contributed by atoms with Gasteiger partial charge in [0.25, 0.3) is 0 Å². The standard InChI is InChI=1S/C32H35F3N4O3/c1-32(2,41)10-3-15-42-26-4-5-28(35)27(20-26)22-6-11-36-30(18-22)38-13-8-21(9-14-38)31(40)39-29(7-12-37-39)23-16-24(33)19-25(34)17-23/h4-6,11-12,16-21,29,41H,3,7-10,13-15H2,1-2H3/t29-/m0/s1. The Morgan fingerprint density at radius 2 is 1.79 bits per heavy atom. The molecule has 2 aliphatic heterocycles. The Bertz CT molecular complexity index is 1430. The lowest BCUT2D eigenvalue weighted by atomic mass is 9.94. The quantitative estimate of drug-likeness (QED) is 0.302. The SMILES string of the molecule is CC(C)(O)CCCOc1ccc(F)c(-c2ccnc(N3CCC(C(=O)N4N=CC[C@H]4c4cc(F)cc(F)c4)CC3)c2)c1. The van der Waals surface area contributed by atoms with Crippen LogP contribution in [0.15, 0.2) is 59.8 Å². The van der Waals surface area contributed by atoms with E-state index in [1.807, 2.05) is 6.07 Å². The van der Waals surface area contributed by atoms with Crippen molar-refractivity contribution in [2.45, 2.75) is 57.6 Å². The average molecular weight is 581 g/mol. The van der Waals surface area contributed by atoms with E-state index in [4.69, 9.17) is 4.74 Å². The van der Waals surface area contributed by atoms with Gasteiger partial charge in [0, 0.05) is 49.5 Å². The molecule has 42 heavy (non-hydrogen) atoms. The fraction of sp³-hybridized carbons (Fsp3) is 0.406. The normalized spacial score (nSPS) is 17.6. The summed E-state index contributed by atoms with van der Waals surface area (Å²) >= 11 is 0. The highest BCUT2D eigenvalue weighted by Crippen LogP contribution is 2.34. The Morgan fingerprint density at radius 1 is 1.05 bits per heavy atom. The first-order valence-electron chi connectivity index (χ1n) is 14.2. The van der Waals surface area contributed by atoms with Gasteiger partial charge >= 0.3 is 0 Å². The van der Waals surface area contributed by atoms with Crippen molar-refractivity contribution in [3.63, 3.8) is 0 Å². The summed E-state index contributed by atoms with van der Waals surface area (Å²) in [6, 6.07) is 11.0. The van der Waals surface area contributed by atoms with E-state index >= 15 is 0 Å². The van der Waals surface area contributed by atoms with E-state index in [0.29, 0.717) is 80.1 Å². The van der Waals surface area contributed by atoms with Crippen LogP contribution in [0, 0.1) is 23.4 Å². The number of aromatic nitrogens is 1. The van der Waals surface area contributed by atoms with Crippen LogP contribution in [0.1, 0.15) is 57.6 Å². The number of hydrogen-bond donors (Lipinski definition) is 1. The molecule has 1 aromatic heterocycles. The molecule has 0 bridgehead atoms. The molecule has 5 rings (SSSR count). The van der Waals surface area contributed by atoms with Crippen molar-refractivity contribution >= 4 is 17.9 Å². The second-order valence-electron chi connectivity index (χ2n) is 11.5. The molecular formula is C32H35F3N4O3. The Morgan fingerprint density at radius 3 is 2.50 bits per heavy atom. The van der Waals surface area contributed by atoms with Crippen molar-refractivity contribution in [1.82, 2.24) is 9.99 Å². The minimum Gasteiger partial charge on any atom is -0.494 e. The van der Waals surface area contributed by atoms with Gasteiger partial charge in [-0.2, -0.15) is 5.10 Å². The lowest BCUT2D eigenvalue weighted by Gasteiger charge is -2.34. The van der Waals surface area contributed by atoms with Crippen LogP contribution in [0.2, 0.25) is 0 Å². The molecule has 1 saturated heterocycles. The summed E-state index contributed by atoms with van der Waals surface area (Å²) in [5, 5.41) is 15.5. The third kappa shape index (κ3) is 7.10. The number of piperidine rings is 1. The first-order valence-corrected chi connectivity index (χ1v) is 14.2. The molecule has 1 N–H and O–H groups in total. The highest BCUT2D eigenvalue weighted by molar-refractivity contribution is 5.82. The molecule has 1 atom stereocenters. The summed E-state index contributed by atoms with van der Waals surface area (Å²) in [5.74, 6) is -0.976. The van der Waals surface area contributed by atoms with E-state index in [0.717, 1.165) is 6.07 Å². The number of benzene rings is 2. The average Bonchev–Trinajstić information content (AvgIpc) is 3.45. The van der Waals surface area contributed by atoms with Crippen LogP contribution in [0.4, 0.5) is 19.0 Å². The van der Waals surface area contributed by atoms with Gasteiger partial charge in [0.05, 0.1) is 18.2 Å². The monoisotopic (exact) mass is 580 g/mol. The van der Waals surface area contributed by atoms with E-state index in [1.165, 1.54) is 23.2 Å². The van der Waals surface area contributed by atoms with Gasteiger partial charge in [-0.15, -0.1) is 0 Å². The summed E-state index contributed by atoms with van der Waals surface area (Å²) in [7, 11) is 0. The third-order valence-corrected chi connectivity index (χ3v) is 7.69. The van der Waals surface area contributed by atoms with Gasteiger partial charge in [-0.05, 0) is 93.1 Å². The van der Waals surface area contributed by atoms with Crippen molar-refractivity contribution in [3.8, 4) is 16.9 Å². The largest absolute Gasteiger partial charge is 0.494 e. The van der Waals surface area contributed by atoms with Crippen LogP contribution < -0.4 is 9.64 Å². The van der Waals surface area contributed by atoms with Crippen LogP contribution in [0.25, 0.3) is 11.1 Å². The maximum atomic E-state index is 14.8. The zero-order chi connectivity index (χ0) is 29.9. The molecule has 0 spiro atoms. The number of anilines is 1. The Balaban J connectivity index is 1.22. The van der Waals surface area contributed by atoms with Gasteiger partial charge in [-0.1, -0.05) is 0 Å². The Hall–Kier alpha value is -3.92. The van der Waals surface area contributed by atoms with Gasteiger partial charge in [0.15, 0.2) is 0 Å². The summed E-state index contributed by atoms with van der Waals surface area (Å²) in [6.45, 7) is 5.04. The molecule has 0 radical (unpaired) electrons. The smallest absolute Gasteiger partial charge is 0.246 e. The zero-order valence-corrected chi connectivity index (χ0v) is 23.8. The third-order valence-electron chi connectivity index (χ3n) is 7.69. The summed E-state index contributed by atoms with van der Waals surface area (Å²) in [6.07, 6.45) is 6.02. The zero-order valence-electron chi connectivity index (χ0n) is 23.8. The molecule has 2 aliphatic rings. The summed E-state index contributed by atoms with van der Waals surface area (Å²) < 4.78 is 48.3. The fourth-order valence-corrected chi connectivity index (χ4v) is 5.48. The highest BCUT2D eigenvalue weighted by Gasteiger charge is 2.35. The first-order chi connectivity index (χ1) is 20.1. The molecule has 10 heteroatoms. The number of carbonyl (C=O) groups is 1. The maximum absolute atomic E-state index is 14.8. The Kier molecular flexibility index (Phi) is 8.82. The number of ether oxygens (including phenoxy) is 1. The van der Waals surface area contributed by atoms with Crippen LogP contribution in [0.3, 0.4) is 0 Å². The minimum absolute atomic E-state index is 0.166. The lowest BCUT2D eigenvalue weighted by Crippen LogP contribution is -2.41. The first kappa shape index (κ1) is 29.6. The molecule has 0 unspecified atom stereocenters. The van der Waals surface area contributed by atoms with E-state index in [2.05, 4.69) is 15.0 Å². The number of nitrogens with zero attached hydrogens (tertiary/aromatic N) is 4. The van der Waals surface area contributed by atoms with Gasteiger partial charge < -0.3 is 14.7 Å². The van der Waals surface area contributed by atoms with E-state index < -0.39 is 23.3 Å². The number of halogens is 3. The van der Waals surface area contributed by atoms with Crippen LogP contribution in [0.5, 0.6) is 5.75 Å². The number of rotatable bonds is 9. The predicted octanol–water partition coefficient (Wildman–Crippen LogP) is 6.27. The van der Waals surface area contributed by atoms with Crippen molar-refractivity contribution in [3.05, 3.63) is 77.7 Å². The maximum Gasteiger partial charge on any atom is 0.246 e. The number of aliphatic hydroxyl groups is 1. The fourth-order valence-electron chi connectivity index (χ4n) is 5.48. The van der Waals surface area contributed by atoms with Crippen LogP contribution in [-0.2, 0) is 4.79 Å². The van der Waals surface area contributed by atoms with E-state index in [-0.39, 0.29) is 17.6 Å². The van der Waals surface area contributed by atoms with Crippen LogP contribution >= 0.6 is 0 Å². The number of pyridine rings is 1. The second kappa shape index (κ2) is 12.5. The highest BCUT2D eigenvalue weighted by atomic mass is 19.1. The summed E-state index contributed by atoms with van der Waals surface area (Å²) in [5.41, 5.74) is 0.679. The van der Waals surface area contributed by atoms with Crippen molar-refractivity contribution in [2.24, 2.45) is 11.0 Å². The molecule has 222 valence electrons. The molecule has 0 aliphatic carbocycles. The van der Waals surface area contributed by atoms with Crippen molar-refractivity contribution in [2.75, 3.05) is 24.6 Å². The molecule has 3 heterocycles. The number of hydrogen-bond acceptors (Lipinski definition) is 6. The Labute approximate surface area is 243 Å². The van der Waals surface area contributed by atoms with Gasteiger partial charge in [0.2, 0.25) is 5.91 Å². The van der Waals surface area contributed by atoms with Gasteiger partial charge in [-0.25, -0.2) is 23.2 Å². The van der Waals surface area contributed by atoms with Crippen LogP contribution in [-0.4, -0.2) is 52.5 Å². The van der Waals surface area contributed by atoms with Crippen molar-refractivity contribution in [1.29, 1.82) is 0 Å². The predicted molar refractivity (Wildman–Crippen MR) is 155 cm³/mol. The van der Waals surface area contributed by atoms with E-state index in [9.17, 15) is 23.1 Å². The molecule has 3 aromatic rings. The molecular weight excluding hydrogens is 545 g/mol. The number of carbonyl (C=O) groups excluding carboxylic acids is 1. The molecule has 1 amide bonds. The minimum atomic E-state index is -0.763. The molecule has 1 fully saturated rings.